The summed E-state index contributed by atoms with van der Waals surface area (Å²) in [6.45, 7) is 4.78. The highest BCUT2D eigenvalue weighted by Crippen LogP contribution is 2.33. The molecule has 2 aliphatic rings. The standard InChI is InChI=1S/C18H28N2/c1-2-15-8-7-9-16(14-15)19-17-10-3-4-11-18(17)20-12-5-6-13-20/h3-4,10-11,15-16,19H,2,5-9,12-14H2,1H3. The number of rotatable bonds is 4. The van der Waals surface area contributed by atoms with Crippen LogP contribution in [0.25, 0.3) is 0 Å². The van der Waals surface area contributed by atoms with Crippen LogP contribution in [0.15, 0.2) is 24.3 Å². The third-order valence-corrected chi connectivity index (χ3v) is 5.07. The Morgan fingerprint density at radius 1 is 1.10 bits per heavy atom. The van der Waals surface area contributed by atoms with Gasteiger partial charge in [0.05, 0.1) is 11.4 Å². The van der Waals surface area contributed by atoms with Gasteiger partial charge < -0.3 is 10.2 Å². The van der Waals surface area contributed by atoms with Crippen molar-refractivity contribution >= 4 is 11.4 Å². The summed E-state index contributed by atoms with van der Waals surface area (Å²) in [5.74, 6) is 0.931. The van der Waals surface area contributed by atoms with E-state index in [0.717, 1.165) is 5.92 Å². The topological polar surface area (TPSA) is 15.3 Å². The Labute approximate surface area is 123 Å². The zero-order valence-corrected chi connectivity index (χ0v) is 12.8. The minimum absolute atomic E-state index is 0.678. The molecule has 2 nitrogen and oxygen atoms in total. The number of benzene rings is 1. The molecule has 1 saturated heterocycles. The third kappa shape index (κ3) is 3.11. The Bertz CT molecular complexity index is 423. The second-order valence-electron chi connectivity index (χ2n) is 6.49. The zero-order valence-electron chi connectivity index (χ0n) is 12.8. The molecule has 20 heavy (non-hydrogen) atoms. The maximum absolute atomic E-state index is 3.85. The van der Waals surface area contributed by atoms with Gasteiger partial charge in [0.15, 0.2) is 0 Å². The van der Waals surface area contributed by atoms with Crippen LogP contribution in [-0.2, 0) is 0 Å². The lowest BCUT2D eigenvalue weighted by Crippen LogP contribution is -2.28. The second-order valence-corrected chi connectivity index (χ2v) is 6.49. The minimum Gasteiger partial charge on any atom is -0.381 e. The summed E-state index contributed by atoms with van der Waals surface area (Å²) < 4.78 is 0. The highest BCUT2D eigenvalue weighted by molar-refractivity contribution is 5.70. The summed E-state index contributed by atoms with van der Waals surface area (Å²) in [5, 5.41) is 3.85. The van der Waals surface area contributed by atoms with E-state index in [1.54, 1.807) is 0 Å². The van der Waals surface area contributed by atoms with E-state index in [-0.39, 0.29) is 0 Å². The number of nitrogens with one attached hydrogen (secondary N) is 1. The number of anilines is 2. The van der Waals surface area contributed by atoms with Gasteiger partial charge in [-0.3, -0.25) is 0 Å². The van der Waals surface area contributed by atoms with Gasteiger partial charge in [-0.25, -0.2) is 0 Å². The summed E-state index contributed by atoms with van der Waals surface area (Å²) in [4.78, 5) is 2.54. The first-order valence-corrected chi connectivity index (χ1v) is 8.47. The fraction of sp³-hybridized carbons (Fsp3) is 0.667. The van der Waals surface area contributed by atoms with E-state index in [1.807, 2.05) is 0 Å². The van der Waals surface area contributed by atoms with Crippen LogP contribution < -0.4 is 10.2 Å². The Balaban J connectivity index is 1.70. The number of hydrogen-bond acceptors (Lipinski definition) is 2. The average molecular weight is 272 g/mol. The van der Waals surface area contributed by atoms with Gasteiger partial charge >= 0.3 is 0 Å². The first kappa shape index (κ1) is 13.8. The van der Waals surface area contributed by atoms with Crippen molar-refractivity contribution in [1.29, 1.82) is 0 Å². The summed E-state index contributed by atoms with van der Waals surface area (Å²) in [6, 6.07) is 9.57. The van der Waals surface area contributed by atoms with Crippen molar-refractivity contribution in [2.24, 2.45) is 5.92 Å². The highest BCUT2D eigenvalue weighted by atomic mass is 15.2. The molecule has 2 fully saturated rings. The normalized spacial score (nSPS) is 26.8. The number of nitrogens with zero attached hydrogens (tertiary/aromatic N) is 1. The SMILES string of the molecule is CCC1CCCC(Nc2ccccc2N2CCCC2)C1. The molecule has 0 radical (unpaired) electrons. The smallest absolute Gasteiger partial charge is 0.0602 e. The lowest BCUT2D eigenvalue weighted by Gasteiger charge is -2.31. The summed E-state index contributed by atoms with van der Waals surface area (Å²) >= 11 is 0. The number of hydrogen-bond donors (Lipinski definition) is 1. The molecule has 1 aromatic rings. The van der Waals surface area contributed by atoms with Gasteiger partial charge in [-0.2, -0.15) is 0 Å². The quantitative estimate of drug-likeness (QED) is 0.857. The van der Waals surface area contributed by atoms with Crippen molar-refractivity contribution in [3.8, 4) is 0 Å². The lowest BCUT2D eigenvalue weighted by molar-refractivity contribution is 0.327. The monoisotopic (exact) mass is 272 g/mol. The molecule has 1 N–H and O–H groups in total. The largest absolute Gasteiger partial charge is 0.381 e. The number of para-hydroxylation sites is 2. The zero-order chi connectivity index (χ0) is 13.8. The third-order valence-electron chi connectivity index (χ3n) is 5.07. The molecule has 1 saturated carbocycles. The molecule has 110 valence electrons. The van der Waals surface area contributed by atoms with Crippen molar-refractivity contribution in [2.45, 2.75) is 57.9 Å². The van der Waals surface area contributed by atoms with Gasteiger partial charge in [-0.15, -0.1) is 0 Å². The van der Waals surface area contributed by atoms with E-state index >= 15 is 0 Å². The van der Waals surface area contributed by atoms with Gasteiger partial charge in [0, 0.05) is 19.1 Å². The second kappa shape index (κ2) is 6.51. The molecule has 1 aliphatic carbocycles. The van der Waals surface area contributed by atoms with Crippen molar-refractivity contribution in [3.63, 3.8) is 0 Å². The maximum atomic E-state index is 3.85. The van der Waals surface area contributed by atoms with E-state index in [4.69, 9.17) is 0 Å². The predicted octanol–water partition coefficient (Wildman–Crippen LogP) is 4.67. The molecule has 0 spiro atoms. The average Bonchev–Trinajstić information content (AvgIpc) is 3.02. The Morgan fingerprint density at radius 3 is 2.70 bits per heavy atom. The molecular formula is C18H28N2. The molecule has 2 atom stereocenters. The molecule has 1 aliphatic heterocycles. The Hall–Kier alpha value is -1.18. The lowest BCUT2D eigenvalue weighted by atomic mass is 9.84. The van der Waals surface area contributed by atoms with Gasteiger partial charge in [0.25, 0.3) is 0 Å². The van der Waals surface area contributed by atoms with Gasteiger partial charge in [0.1, 0.15) is 0 Å². The van der Waals surface area contributed by atoms with Crippen LogP contribution in [-0.4, -0.2) is 19.1 Å². The summed E-state index contributed by atoms with van der Waals surface area (Å²) in [7, 11) is 0. The summed E-state index contributed by atoms with van der Waals surface area (Å²) in [6.07, 6.45) is 9.54. The van der Waals surface area contributed by atoms with E-state index in [2.05, 4.69) is 41.4 Å². The molecule has 2 unspecified atom stereocenters. The van der Waals surface area contributed by atoms with E-state index < -0.39 is 0 Å². The van der Waals surface area contributed by atoms with Crippen LogP contribution in [0.1, 0.15) is 51.9 Å². The van der Waals surface area contributed by atoms with Crippen molar-refractivity contribution < 1.29 is 0 Å². The first-order chi connectivity index (χ1) is 9.86. The van der Waals surface area contributed by atoms with Crippen LogP contribution in [0, 0.1) is 5.92 Å². The van der Waals surface area contributed by atoms with E-state index in [9.17, 15) is 0 Å². The van der Waals surface area contributed by atoms with Crippen molar-refractivity contribution in [3.05, 3.63) is 24.3 Å². The fourth-order valence-electron chi connectivity index (χ4n) is 3.84. The van der Waals surface area contributed by atoms with E-state index in [1.165, 1.54) is 69.4 Å². The molecule has 1 heterocycles. The Morgan fingerprint density at radius 2 is 1.90 bits per heavy atom. The molecular weight excluding hydrogens is 244 g/mol. The molecule has 1 aromatic carbocycles. The van der Waals surface area contributed by atoms with Crippen molar-refractivity contribution in [1.82, 2.24) is 0 Å². The van der Waals surface area contributed by atoms with Gasteiger partial charge in [0.2, 0.25) is 0 Å². The van der Waals surface area contributed by atoms with Crippen LogP contribution in [0.2, 0.25) is 0 Å². The molecule has 0 amide bonds. The van der Waals surface area contributed by atoms with Crippen LogP contribution in [0.3, 0.4) is 0 Å². The highest BCUT2D eigenvalue weighted by Gasteiger charge is 2.22. The molecule has 3 rings (SSSR count). The fourth-order valence-corrected chi connectivity index (χ4v) is 3.84. The van der Waals surface area contributed by atoms with Crippen molar-refractivity contribution in [2.75, 3.05) is 23.3 Å². The first-order valence-electron chi connectivity index (χ1n) is 8.47. The van der Waals surface area contributed by atoms with Crippen LogP contribution in [0.4, 0.5) is 11.4 Å². The van der Waals surface area contributed by atoms with Gasteiger partial charge in [-0.1, -0.05) is 38.3 Å². The predicted molar refractivity (Wildman–Crippen MR) is 87.5 cm³/mol. The molecule has 0 aromatic heterocycles. The van der Waals surface area contributed by atoms with Crippen LogP contribution in [0.5, 0.6) is 0 Å². The molecule has 0 bridgehead atoms. The Kier molecular flexibility index (Phi) is 4.49. The maximum Gasteiger partial charge on any atom is 0.0602 e. The van der Waals surface area contributed by atoms with Crippen LogP contribution >= 0.6 is 0 Å². The minimum atomic E-state index is 0.678. The molecule has 2 heteroatoms. The van der Waals surface area contributed by atoms with E-state index in [0.29, 0.717) is 6.04 Å². The van der Waals surface area contributed by atoms with Gasteiger partial charge in [-0.05, 0) is 43.7 Å². The summed E-state index contributed by atoms with van der Waals surface area (Å²) in [5.41, 5.74) is 2.78.